The number of ether oxygens (including phenoxy) is 1. The minimum atomic E-state index is -0.164. The molecule has 0 bridgehead atoms. The molecule has 1 heterocycles. The summed E-state index contributed by atoms with van der Waals surface area (Å²) in [5.74, 6) is 1.30. The monoisotopic (exact) mass is 370 g/mol. The maximum Gasteiger partial charge on any atom is 0.253 e. The summed E-state index contributed by atoms with van der Waals surface area (Å²) in [6.45, 7) is 1.37. The molecule has 0 aliphatic carbocycles. The van der Waals surface area contributed by atoms with Crippen molar-refractivity contribution in [1.29, 1.82) is 0 Å². The average molecular weight is 371 g/mol. The van der Waals surface area contributed by atoms with Crippen molar-refractivity contribution in [3.63, 3.8) is 0 Å². The third-order valence-electron chi connectivity index (χ3n) is 3.67. The van der Waals surface area contributed by atoms with Crippen LogP contribution in [0.1, 0.15) is 16.1 Å². The fraction of sp³-hybridized carbons (Fsp3) is 0.150. The van der Waals surface area contributed by atoms with Gasteiger partial charge >= 0.3 is 0 Å². The van der Waals surface area contributed by atoms with Crippen LogP contribution in [0.2, 0.25) is 5.02 Å². The average Bonchev–Trinajstić information content (AvgIpc) is 3.19. The highest BCUT2D eigenvalue weighted by Gasteiger charge is 2.11. The molecule has 0 saturated heterocycles. The number of benzene rings is 2. The fourth-order valence-electron chi connectivity index (χ4n) is 2.40. The Morgan fingerprint density at radius 1 is 1.04 bits per heavy atom. The molecule has 0 aliphatic rings. The molecule has 0 unspecified atom stereocenters. The van der Waals surface area contributed by atoms with Gasteiger partial charge < -0.3 is 19.8 Å². The minimum Gasteiger partial charge on any atom is -0.492 e. The summed E-state index contributed by atoms with van der Waals surface area (Å²) < 4.78 is 10.9. The molecule has 0 radical (unpaired) electrons. The van der Waals surface area contributed by atoms with Crippen molar-refractivity contribution in [3.8, 4) is 5.75 Å². The van der Waals surface area contributed by atoms with E-state index in [0.717, 1.165) is 11.4 Å². The van der Waals surface area contributed by atoms with E-state index < -0.39 is 0 Å². The number of furan rings is 1. The van der Waals surface area contributed by atoms with Crippen molar-refractivity contribution in [2.75, 3.05) is 18.5 Å². The van der Waals surface area contributed by atoms with Crippen LogP contribution in [0, 0.1) is 0 Å². The standard InChI is InChI=1S/C20H19ClN2O3/c21-15-7-9-16(10-8-15)26-13-11-22-19-6-2-1-5-18(19)20(24)23-14-17-4-3-12-25-17/h1-10,12,22H,11,13-14H2,(H,23,24). The summed E-state index contributed by atoms with van der Waals surface area (Å²) in [5.41, 5.74) is 1.33. The van der Waals surface area contributed by atoms with Gasteiger partial charge in [0, 0.05) is 17.3 Å². The molecule has 6 heteroatoms. The number of anilines is 1. The van der Waals surface area contributed by atoms with Crippen molar-refractivity contribution in [2.24, 2.45) is 0 Å². The first-order chi connectivity index (χ1) is 12.7. The zero-order chi connectivity index (χ0) is 18.2. The van der Waals surface area contributed by atoms with Gasteiger partial charge in [-0.05, 0) is 48.5 Å². The van der Waals surface area contributed by atoms with Crippen LogP contribution in [0.15, 0.2) is 71.3 Å². The molecule has 3 rings (SSSR count). The molecule has 2 N–H and O–H groups in total. The second-order valence-corrected chi connectivity index (χ2v) is 5.97. The number of halogens is 1. The lowest BCUT2D eigenvalue weighted by molar-refractivity contribution is 0.0949. The van der Waals surface area contributed by atoms with Crippen LogP contribution in [0.3, 0.4) is 0 Å². The Labute approximate surface area is 156 Å². The lowest BCUT2D eigenvalue weighted by Crippen LogP contribution is -2.24. The van der Waals surface area contributed by atoms with Gasteiger partial charge in [0.15, 0.2) is 0 Å². The van der Waals surface area contributed by atoms with Gasteiger partial charge in [0.2, 0.25) is 0 Å². The summed E-state index contributed by atoms with van der Waals surface area (Å²) in [4.78, 5) is 12.4. The SMILES string of the molecule is O=C(NCc1ccco1)c1ccccc1NCCOc1ccc(Cl)cc1. The second-order valence-electron chi connectivity index (χ2n) is 5.54. The highest BCUT2D eigenvalue weighted by Crippen LogP contribution is 2.17. The van der Waals surface area contributed by atoms with Gasteiger partial charge in [0.25, 0.3) is 5.91 Å². The Balaban J connectivity index is 1.51. The van der Waals surface area contributed by atoms with Gasteiger partial charge in [-0.3, -0.25) is 4.79 Å². The topological polar surface area (TPSA) is 63.5 Å². The molecule has 0 fully saturated rings. The molecule has 0 atom stereocenters. The molecule has 134 valence electrons. The summed E-state index contributed by atoms with van der Waals surface area (Å²) in [6.07, 6.45) is 1.58. The molecule has 1 amide bonds. The van der Waals surface area contributed by atoms with Gasteiger partial charge in [-0.1, -0.05) is 23.7 Å². The second kappa shape index (κ2) is 8.97. The van der Waals surface area contributed by atoms with E-state index in [1.807, 2.05) is 36.4 Å². The molecule has 2 aromatic carbocycles. The van der Waals surface area contributed by atoms with E-state index in [4.69, 9.17) is 20.8 Å². The van der Waals surface area contributed by atoms with E-state index in [1.54, 1.807) is 30.5 Å². The van der Waals surface area contributed by atoms with Crippen LogP contribution in [-0.4, -0.2) is 19.1 Å². The fourth-order valence-corrected chi connectivity index (χ4v) is 2.52. The van der Waals surface area contributed by atoms with Gasteiger partial charge in [-0.15, -0.1) is 0 Å². The predicted molar refractivity (Wildman–Crippen MR) is 102 cm³/mol. The number of hydrogen-bond acceptors (Lipinski definition) is 4. The highest BCUT2D eigenvalue weighted by molar-refractivity contribution is 6.30. The number of amides is 1. The van der Waals surface area contributed by atoms with Gasteiger partial charge in [-0.2, -0.15) is 0 Å². The first-order valence-corrected chi connectivity index (χ1v) is 8.62. The molecule has 5 nitrogen and oxygen atoms in total. The summed E-state index contributed by atoms with van der Waals surface area (Å²) in [7, 11) is 0. The van der Waals surface area contributed by atoms with Crippen LogP contribution >= 0.6 is 11.6 Å². The van der Waals surface area contributed by atoms with Crippen LogP contribution in [0.4, 0.5) is 5.69 Å². The smallest absolute Gasteiger partial charge is 0.253 e. The third-order valence-corrected chi connectivity index (χ3v) is 3.93. The number of para-hydroxylation sites is 1. The molecule has 1 aromatic heterocycles. The van der Waals surface area contributed by atoms with Crippen molar-refractivity contribution < 1.29 is 13.9 Å². The van der Waals surface area contributed by atoms with Gasteiger partial charge in [-0.25, -0.2) is 0 Å². The number of hydrogen-bond donors (Lipinski definition) is 2. The van der Waals surface area contributed by atoms with E-state index in [9.17, 15) is 4.79 Å². The zero-order valence-corrected chi connectivity index (χ0v) is 14.8. The number of rotatable bonds is 8. The number of carbonyl (C=O) groups is 1. The lowest BCUT2D eigenvalue weighted by atomic mass is 10.1. The normalized spacial score (nSPS) is 10.3. The van der Waals surface area contributed by atoms with Gasteiger partial charge in [0.1, 0.15) is 18.1 Å². The first-order valence-electron chi connectivity index (χ1n) is 8.24. The molecule has 0 spiro atoms. The highest BCUT2D eigenvalue weighted by atomic mass is 35.5. The van der Waals surface area contributed by atoms with Crippen LogP contribution in [0.5, 0.6) is 5.75 Å². The first kappa shape index (κ1) is 17.9. The molecule has 0 aliphatic heterocycles. The zero-order valence-electron chi connectivity index (χ0n) is 14.1. The van der Waals surface area contributed by atoms with Crippen LogP contribution in [-0.2, 0) is 6.54 Å². The molecule has 3 aromatic rings. The van der Waals surface area contributed by atoms with Crippen molar-refractivity contribution in [1.82, 2.24) is 5.32 Å². The Morgan fingerprint density at radius 3 is 2.62 bits per heavy atom. The predicted octanol–water partition coefficient (Wildman–Crippen LogP) is 4.35. The summed E-state index contributed by atoms with van der Waals surface area (Å²) in [5, 5.41) is 6.75. The van der Waals surface area contributed by atoms with Crippen LogP contribution < -0.4 is 15.4 Å². The Hall–Kier alpha value is -2.92. The third kappa shape index (κ3) is 5.04. The van der Waals surface area contributed by atoms with E-state index in [1.165, 1.54) is 0 Å². The minimum absolute atomic E-state index is 0.164. The largest absolute Gasteiger partial charge is 0.492 e. The molecular weight excluding hydrogens is 352 g/mol. The van der Waals surface area contributed by atoms with Crippen molar-refractivity contribution in [3.05, 3.63) is 83.3 Å². The van der Waals surface area contributed by atoms with Gasteiger partial charge in [0.05, 0.1) is 18.4 Å². The lowest BCUT2D eigenvalue weighted by Gasteiger charge is -2.12. The van der Waals surface area contributed by atoms with E-state index in [0.29, 0.717) is 36.0 Å². The Bertz CT molecular complexity index is 833. The number of nitrogens with one attached hydrogen (secondary N) is 2. The van der Waals surface area contributed by atoms with Crippen molar-refractivity contribution >= 4 is 23.2 Å². The van der Waals surface area contributed by atoms with E-state index >= 15 is 0 Å². The molecular formula is C20H19ClN2O3. The summed E-state index contributed by atoms with van der Waals surface area (Å²) >= 11 is 5.85. The quantitative estimate of drug-likeness (QED) is 0.578. The number of carbonyl (C=O) groups excluding carboxylic acids is 1. The van der Waals surface area contributed by atoms with Crippen LogP contribution in [0.25, 0.3) is 0 Å². The van der Waals surface area contributed by atoms with Crippen molar-refractivity contribution in [2.45, 2.75) is 6.54 Å². The summed E-state index contributed by atoms with van der Waals surface area (Å²) in [6, 6.07) is 18.2. The van der Waals surface area contributed by atoms with E-state index in [2.05, 4.69) is 10.6 Å². The molecule has 26 heavy (non-hydrogen) atoms. The maximum atomic E-state index is 12.4. The van der Waals surface area contributed by atoms with E-state index in [-0.39, 0.29) is 5.91 Å². The molecule has 0 saturated carbocycles. The maximum absolute atomic E-state index is 12.4. The Kier molecular flexibility index (Phi) is 6.17. The Morgan fingerprint density at radius 2 is 1.85 bits per heavy atom.